The molecular weight excluding hydrogens is 713 g/mol. The van der Waals surface area contributed by atoms with E-state index in [0.717, 1.165) is 37.0 Å². The Morgan fingerprint density at radius 2 is 1.14 bits per heavy atom. The second kappa shape index (κ2) is 17.4. The van der Waals surface area contributed by atoms with Crippen molar-refractivity contribution in [2.45, 2.75) is 64.5 Å². The van der Waals surface area contributed by atoms with Gasteiger partial charge in [0.05, 0.1) is 17.8 Å². The molecule has 7 aromatic rings. The number of hydrogen-bond acceptors (Lipinski definition) is 2. The van der Waals surface area contributed by atoms with Crippen LogP contribution in [0.25, 0.3) is 27.5 Å². The minimum absolute atomic E-state index is 0.0136. The molecule has 0 aliphatic carbocycles. The first-order valence-electron chi connectivity index (χ1n) is 21.8. The van der Waals surface area contributed by atoms with Gasteiger partial charge in [0.1, 0.15) is 0 Å². The quantitative estimate of drug-likeness (QED) is 0.147. The van der Waals surface area contributed by atoms with Crippen molar-refractivity contribution in [2.24, 2.45) is 27.7 Å². The van der Waals surface area contributed by atoms with Gasteiger partial charge in [-0.15, -0.1) is 0 Å². The van der Waals surface area contributed by atoms with Crippen LogP contribution >= 0.6 is 0 Å². The van der Waals surface area contributed by atoms with E-state index in [0.29, 0.717) is 23.7 Å². The van der Waals surface area contributed by atoms with Crippen LogP contribution in [-0.2, 0) is 0 Å². The molecule has 0 saturated carbocycles. The molecule has 2 heterocycles. The lowest BCUT2D eigenvalue weighted by Crippen LogP contribution is -2.28. The van der Waals surface area contributed by atoms with Crippen molar-refractivity contribution in [1.29, 1.82) is 0 Å². The Kier molecular flexibility index (Phi) is 11.3. The zero-order chi connectivity index (χ0) is 40.1. The number of fused-ring (bicyclic) bond motifs is 1. The third-order valence-electron chi connectivity index (χ3n) is 13.3. The predicted octanol–water partition coefficient (Wildman–Crippen LogP) is 14.9. The topological polar surface area (TPSA) is 24.7 Å². The molecule has 0 fully saturated rings. The SMILES string of the molecule is CCC1C(c2ccccc2)=NC(c2ccc(-c3c(C4CCC/C(c5ccccc5)=C\C(c5ccccc5)=N/4)ccc4ccccc34)cc2)C(C)C(C)C1c1ccccc1. The largest absolute Gasteiger partial charge is 0.280 e. The minimum Gasteiger partial charge on any atom is -0.280 e. The normalized spacial score (nSPS) is 24.1. The van der Waals surface area contributed by atoms with Crippen LogP contribution in [0.5, 0.6) is 0 Å². The zero-order valence-corrected chi connectivity index (χ0v) is 34.6. The molecule has 0 bridgehead atoms. The van der Waals surface area contributed by atoms with Crippen molar-refractivity contribution in [3.05, 3.63) is 221 Å². The van der Waals surface area contributed by atoms with Gasteiger partial charge in [0.15, 0.2) is 0 Å². The molecule has 0 spiro atoms. The highest BCUT2D eigenvalue weighted by Gasteiger charge is 2.40. The van der Waals surface area contributed by atoms with E-state index in [9.17, 15) is 0 Å². The predicted molar refractivity (Wildman–Crippen MR) is 250 cm³/mol. The van der Waals surface area contributed by atoms with E-state index >= 15 is 0 Å². The Bertz CT molecular complexity index is 2590. The number of rotatable bonds is 8. The van der Waals surface area contributed by atoms with E-state index in [1.165, 1.54) is 61.0 Å². The van der Waals surface area contributed by atoms with Gasteiger partial charge >= 0.3 is 0 Å². The van der Waals surface area contributed by atoms with E-state index < -0.39 is 0 Å². The van der Waals surface area contributed by atoms with Gasteiger partial charge in [-0.05, 0) is 110 Å². The third kappa shape index (κ3) is 7.89. The Hall–Kier alpha value is -6.12. The molecule has 2 aliphatic heterocycles. The molecule has 0 N–H and O–H groups in total. The second-order valence-electron chi connectivity index (χ2n) is 16.7. The Balaban J connectivity index is 1.15. The summed E-state index contributed by atoms with van der Waals surface area (Å²) in [5.74, 6) is 1.46. The average Bonchev–Trinajstić information content (AvgIpc) is 3.40. The van der Waals surface area contributed by atoms with Crippen LogP contribution in [0.3, 0.4) is 0 Å². The average molecular weight is 767 g/mol. The van der Waals surface area contributed by atoms with Crippen LogP contribution in [0.2, 0.25) is 0 Å². The first-order valence-corrected chi connectivity index (χ1v) is 21.8. The molecule has 0 saturated heterocycles. The van der Waals surface area contributed by atoms with Gasteiger partial charge in [0.2, 0.25) is 0 Å². The number of benzene rings is 7. The number of hydrogen-bond donors (Lipinski definition) is 0. The van der Waals surface area contributed by atoms with Gasteiger partial charge in [0.25, 0.3) is 0 Å². The van der Waals surface area contributed by atoms with Crippen LogP contribution in [0.15, 0.2) is 198 Å². The molecule has 9 rings (SSSR count). The molecule has 6 atom stereocenters. The van der Waals surface area contributed by atoms with Crippen molar-refractivity contribution >= 4 is 27.8 Å². The lowest BCUT2D eigenvalue weighted by Gasteiger charge is -2.34. The highest BCUT2D eigenvalue weighted by atomic mass is 14.8. The summed E-state index contributed by atoms with van der Waals surface area (Å²) >= 11 is 0. The smallest absolute Gasteiger partial charge is 0.0780 e. The van der Waals surface area contributed by atoms with E-state index in [1.807, 2.05) is 0 Å². The summed E-state index contributed by atoms with van der Waals surface area (Å²) in [5, 5.41) is 2.52. The molecule has 6 unspecified atom stereocenters. The molecule has 292 valence electrons. The molecule has 0 amide bonds. The van der Waals surface area contributed by atoms with E-state index in [1.54, 1.807) is 0 Å². The first kappa shape index (κ1) is 38.4. The lowest BCUT2D eigenvalue weighted by molar-refractivity contribution is 0.266. The summed E-state index contributed by atoms with van der Waals surface area (Å²) in [5.41, 5.74) is 13.8. The van der Waals surface area contributed by atoms with E-state index in [-0.39, 0.29) is 12.1 Å². The van der Waals surface area contributed by atoms with Crippen LogP contribution in [0, 0.1) is 17.8 Å². The summed E-state index contributed by atoms with van der Waals surface area (Å²) in [6, 6.07) is 66.7. The van der Waals surface area contributed by atoms with Crippen molar-refractivity contribution in [3.63, 3.8) is 0 Å². The fourth-order valence-corrected chi connectivity index (χ4v) is 10.0. The standard InChI is InChI=1S/C57H54N2/c1-4-49-54(44-25-13-7-14-26-44)39(2)40(3)56(59-57(49)46-27-15-8-16-28-46)47-34-32-45(33-35-47)55-50-30-18-17-22-42(50)36-37-51(55)52-31-19-29-48(41-20-9-5-10-21-41)38-53(58-52)43-23-11-6-12-24-43/h5-18,20-28,30,32-40,49,52,54,56H,4,19,29,31H2,1-3H3/b48-38+,58-53+. The Morgan fingerprint density at radius 3 is 1.81 bits per heavy atom. The van der Waals surface area contributed by atoms with Crippen LogP contribution in [-0.4, -0.2) is 11.4 Å². The Morgan fingerprint density at radius 1 is 0.525 bits per heavy atom. The molecule has 0 radical (unpaired) electrons. The van der Waals surface area contributed by atoms with Crippen molar-refractivity contribution < 1.29 is 0 Å². The van der Waals surface area contributed by atoms with Gasteiger partial charge in [-0.1, -0.05) is 203 Å². The van der Waals surface area contributed by atoms with E-state index in [4.69, 9.17) is 9.98 Å². The van der Waals surface area contributed by atoms with E-state index in [2.05, 4.69) is 209 Å². The zero-order valence-electron chi connectivity index (χ0n) is 34.6. The summed E-state index contributed by atoms with van der Waals surface area (Å²) < 4.78 is 0. The maximum atomic E-state index is 5.80. The maximum Gasteiger partial charge on any atom is 0.0780 e. The molecule has 59 heavy (non-hydrogen) atoms. The summed E-state index contributed by atoms with van der Waals surface area (Å²) in [4.78, 5) is 11.5. The lowest BCUT2D eigenvalue weighted by atomic mass is 9.69. The molecule has 7 aromatic carbocycles. The molecule has 2 nitrogen and oxygen atoms in total. The van der Waals surface area contributed by atoms with Crippen molar-refractivity contribution in [3.8, 4) is 11.1 Å². The highest BCUT2D eigenvalue weighted by molar-refractivity contribution is 6.12. The summed E-state index contributed by atoms with van der Waals surface area (Å²) in [6.45, 7) is 7.24. The van der Waals surface area contributed by atoms with Gasteiger partial charge in [-0.25, -0.2) is 0 Å². The van der Waals surface area contributed by atoms with Crippen molar-refractivity contribution in [2.75, 3.05) is 0 Å². The monoisotopic (exact) mass is 766 g/mol. The van der Waals surface area contributed by atoms with Crippen molar-refractivity contribution in [1.82, 2.24) is 0 Å². The van der Waals surface area contributed by atoms with Gasteiger partial charge in [-0.2, -0.15) is 0 Å². The minimum atomic E-state index is 0.0136. The van der Waals surface area contributed by atoms with Gasteiger partial charge in [-0.3, -0.25) is 9.98 Å². The number of aliphatic imine (C=N–C) groups is 2. The second-order valence-corrected chi connectivity index (χ2v) is 16.7. The van der Waals surface area contributed by atoms with Crippen LogP contribution in [0.1, 0.15) is 97.8 Å². The maximum absolute atomic E-state index is 5.80. The molecule has 2 aliphatic rings. The van der Waals surface area contributed by atoms with Gasteiger partial charge in [0, 0.05) is 11.6 Å². The number of nitrogens with zero attached hydrogens (tertiary/aromatic N) is 2. The van der Waals surface area contributed by atoms with Crippen LogP contribution in [0.4, 0.5) is 0 Å². The summed E-state index contributed by atoms with van der Waals surface area (Å²) in [7, 11) is 0. The third-order valence-corrected chi connectivity index (χ3v) is 13.3. The molecular formula is C57H54N2. The highest BCUT2D eigenvalue weighted by Crippen LogP contribution is 2.48. The van der Waals surface area contributed by atoms with Gasteiger partial charge < -0.3 is 0 Å². The van der Waals surface area contributed by atoms with Crippen LogP contribution < -0.4 is 0 Å². The molecule has 2 heteroatoms. The summed E-state index contributed by atoms with van der Waals surface area (Å²) in [6.07, 6.45) is 6.43. The number of allylic oxidation sites excluding steroid dienone is 2. The Labute approximate surface area is 351 Å². The first-order chi connectivity index (χ1) is 29.1. The molecule has 0 aromatic heterocycles. The fourth-order valence-electron chi connectivity index (χ4n) is 10.0. The fraction of sp³-hybridized carbons (Fsp3) is 0.228.